The predicted octanol–water partition coefficient (Wildman–Crippen LogP) is 3.33. The van der Waals surface area contributed by atoms with Crippen molar-refractivity contribution in [3.63, 3.8) is 0 Å². The molecule has 0 saturated heterocycles. The van der Waals surface area contributed by atoms with Crippen LogP contribution in [0.4, 0.5) is 0 Å². The monoisotopic (exact) mass is 249 g/mol. The lowest BCUT2D eigenvalue weighted by Crippen LogP contribution is -2.00. The second-order valence-electron chi connectivity index (χ2n) is 4.68. The van der Waals surface area contributed by atoms with Crippen molar-refractivity contribution in [3.05, 3.63) is 65.2 Å². The summed E-state index contributed by atoms with van der Waals surface area (Å²) in [5.74, 6) is 0. The van der Waals surface area contributed by atoms with E-state index >= 15 is 0 Å². The number of hydrogen-bond acceptors (Lipinski definition) is 3. The van der Waals surface area contributed by atoms with Gasteiger partial charge in [0.25, 0.3) is 0 Å². The molecule has 3 rings (SSSR count). The van der Waals surface area contributed by atoms with E-state index in [9.17, 15) is 0 Å². The molecular weight excluding hydrogens is 234 g/mol. The Bertz CT molecular complexity index is 684. The van der Waals surface area contributed by atoms with E-state index in [1.165, 1.54) is 0 Å². The molecule has 0 fully saturated rings. The summed E-state index contributed by atoms with van der Waals surface area (Å²) < 4.78 is 0. The highest BCUT2D eigenvalue weighted by Gasteiger charge is 2.14. The molecule has 0 amide bonds. The predicted molar refractivity (Wildman–Crippen MR) is 77.1 cm³/mol. The number of aromatic nitrogens is 2. The molecule has 1 aliphatic rings. The molecular formula is C16H15N3. The molecule has 0 N–H and O–H groups in total. The van der Waals surface area contributed by atoms with Crippen LogP contribution in [0.3, 0.4) is 0 Å². The average Bonchev–Trinajstić information content (AvgIpc) is 2.88. The summed E-state index contributed by atoms with van der Waals surface area (Å²) >= 11 is 0. The van der Waals surface area contributed by atoms with Crippen LogP contribution in [-0.4, -0.2) is 15.7 Å². The summed E-state index contributed by atoms with van der Waals surface area (Å²) in [4.78, 5) is 13.7. The van der Waals surface area contributed by atoms with Gasteiger partial charge in [-0.05, 0) is 38.1 Å². The zero-order valence-corrected chi connectivity index (χ0v) is 11.1. The minimum atomic E-state index is 0.821. The van der Waals surface area contributed by atoms with E-state index in [2.05, 4.69) is 21.0 Å². The molecule has 0 atom stereocenters. The second-order valence-corrected chi connectivity index (χ2v) is 4.68. The van der Waals surface area contributed by atoms with Gasteiger partial charge in [-0.15, -0.1) is 0 Å². The molecule has 2 aromatic heterocycles. The van der Waals surface area contributed by atoms with Crippen LogP contribution < -0.4 is 0 Å². The van der Waals surface area contributed by atoms with Crippen LogP contribution in [0.25, 0.3) is 5.70 Å². The molecule has 3 heteroatoms. The van der Waals surface area contributed by atoms with Gasteiger partial charge < -0.3 is 0 Å². The SMILES string of the molecule is Cc1cccc(C2=CCC(c3cccc(C)n3)=N2)n1. The Morgan fingerprint density at radius 3 is 2.16 bits per heavy atom. The third-order valence-electron chi connectivity index (χ3n) is 3.08. The van der Waals surface area contributed by atoms with Gasteiger partial charge in [0.05, 0.1) is 22.8 Å². The standard InChI is InChI=1S/C16H15N3/c1-11-5-3-7-13(17-11)15-9-10-16(19-15)14-8-4-6-12(2)18-14/h3-9H,10H2,1-2H3. The highest BCUT2D eigenvalue weighted by atomic mass is 14.9. The van der Waals surface area contributed by atoms with Crippen LogP contribution >= 0.6 is 0 Å². The van der Waals surface area contributed by atoms with Gasteiger partial charge in [0, 0.05) is 17.8 Å². The largest absolute Gasteiger partial charge is 0.252 e. The van der Waals surface area contributed by atoms with E-state index in [1.807, 2.05) is 50.2 Å². The Kier molecular flexibility index (Phi) is 2.95. The highest BCUT2D eigenvalue weighted by molar-refractivity contribution is 6.05. The van der Waals surface area contributed by atoms with Crippen molar-refractivity contribution >= 4 is 11.4 Å². The Hall–Kier alpha value is -2.29. The quantitative estimate of drug-likeness (QED) is 0.818. The van der Waals surface area contributed by atoms with Crippen LogP contribution in [0.2, 0.25) is 0 Å². The van der Waals surface area contributed by atoms with E-state index in [0.29, 0.717) is 0 Å². The molecule has 19 heavy (non-hydrogen) atoms. The van der Waals surface area contributed by atoms with E-state index < -0.39 is 0 Å². The van der Waals surface area contributed by atoms with Gasteiger partial charge in [0.1, 0.15) is 0 Å². The summed E-state index contributed by atoms with van der Waals surface area (Å²) in [6.07, 6.45) is 2.93. The van der Waals surface area contributed by atoms with Crippen molar-refractivity contribution in [2.75, 3.05) is 0 Å². The first-order valence-electron chi connectivity index (χ1n) is 6.38. The first-order chi connectivity index (χ1) is 9.22. The summed E-state index contributed by atoms with van der Waals surface area (Å²) in [6.45, 7) is 3.99. The highest BCUT2D eigenvalue weighted by Crippen LogP contribution is 2.23. The van der Waals surface area contributed by atoms with Gasteiger partial charge in [-0.3, -0.25) is 9.97 Å². The van der Waals surface area contributed by atoms with Crippen molar-refractivity contribution in [2.45, 2.75) is 20.3 Å². The van der Waals surface area contributed by atoms with E-state index in [-0.39, 0.29) is 0 Å². The minimum absolute atomic E-state index is 0.821. The Labute approximate surface area is 112 Å². The second kappa shape index (κ2) is 4.76. The number of pyridine rings is 2. The van der Waals surface area contributed by atoms with Gasteiger partial charge >= 0.3 is 0 Å². The topological polar surface area (TPSA) is 38.1 Å². The molecule has 0 radical (unpaired) electrons. The fourth-order valence-electron chi connectivity index (χ4n) is 2.14. The molecule has 3 heterocycles. The van der Waals surface area contributed by atoms with Crippen molar-refractivity contribution in [3.8, 4) is 0 Å². The molecule has 3 nitrogen and oxygen atoms in total. The van der Waals surface area contributed by atoms with Gasteiger partial charge in [-0.2, -0.15) is 0 Å². The molecule has 0 bridgehead atoms. The number of allylic oxidation sites excluding steroid dienone is 1. The lowest BCUT2D eigenvalue weighted by molar-refractivity contribution is 1.16. The zero-order valence-electron chi connectivity index (χ0n) is 11.1. The summed E-state index contributed by atoms with van der Waals surface area (Å²) in [5.41, 5.74) is 5.88. The number of rotatable bonds is 2. The van der Waals surface area contributed by atoms with Crippen LogP contribution in [0.1, 0.15) is 29.2 Å². The number of aryl methyl sites for hydroxylation is 2. The maximum absolute atomic E-state index is 4.66. The normalized spacial score (nSPS) is 14.2. The third kappa shape index (κ3) is 2.45. The van der Waals surface area contributed by atoms with Crippen molar-refractivity contribution in [2.24, 2.45) is 4.99 Å². The van der Waals surface area contributed by atoms with Crippen LogP contribution in [0.15, 0.2) is 47.5 Å². The Morgan fingerprint density at radius 1 is 0.842 bits per heavy atom. The van der Waals surface area contributed by atoms with E-state index in [0.717, 1.165) is 40.6 Å². The Balaban J connectivity index is 1.92. The molecule has 0 aromatic carbocycles. The molecule has 0 saturated carbocycles. The van der Waals surface area contributed by atoms with Gasteiger partial charge in [0.15, 0.2) is 0 Å². The molecule has 1 aliphatic heterocycles. The van der Waals surface area contributed by atoms with Gasteiger partial charge in [-0.1, -0.05) is 18.2 Å². The van der Waals surface area contributed by atoms with Gasteiger partial charge in [-0.25, -0.2) is 4.99 Å². The van der Waals surface area contributed by atoms with Crippen molar-refractivity contribution < 1.29 is 0 Å². The lowest BCUT2D eigenvalue weighted by atomic mass is 10.2. The minimum Gasteiger partial charge on any atom is -0.252 e. The first-order valence-corrected chi connectivity index (χ1v) is 6.38. The molecule has 0 aliphatic carbocycles. The van der Waals surface area contributed by atoms with Gasteiger partial charge in [0.2, 0.25) is 0 Å². The average molecular weight is 249 g/mol. The first kappa shape index (κ1) is 11.8. The maximum Gasteiger partial charge on any atom is 0.0886 e. The number of aliphatic imine (C=N–C) groups is 1. The fourth-order valence-corrected chi connectivity index (χ4v) is 2.14. The summed E-state index contributed by atoms with van der Waals surface area (Å²) in [6, 6.07) is 12.0. The molecule has 0 unspecified atom stereocenters. The molecule has 2 aromatic rings. The van der Waals surface area contributed by atoms with Crippen LogP contribution in [0, 0.1) is 13.8 Å². The third-order valence-corrected chi connectivity index (χ3v) is 3.08. The number of nitrogens with zero attached hydrogens (tertiary/aromatic N) is 3. The van der Waals surface area contributed by atoms with Crippen molar-refractivity contribution in [1.29, 1.82) is 0 Å². The summed E-state index contributed by atoms with van der Waals surface area (Å²) in [7, 11) is 0. The zero-order chi connectivity index (χ0) is 13.2. The van der Waals surface area contributed by atoms with Crippen LogP contribution in [-0.2, 0) is 0 Å². The van der Waals surface area contributed by atoms with E-state index in [1.54, 1.807) is 0 Å². The number of hydrogen-bond donors (Lipinski definition) is 0. The van der Waals surface area contributed by atoms with Crippen molar-refractivity contribution in [1.82, 2.24) is 9.97 Å². The Morgan fingerprint density at radius 2 is 1.47 bits per heavy atom. The maximum atomic E-state index is 4.66. The molecule has 94 valence electrons. The fraction of sp³-hybridized carbons (Fsp3) is 0.188. The smallest absolute Gasteiger partial charge is 0.0886 e. The van der Waals surface area contributed by atoms with E-state index in [4.69, 9.17) is 0 Å². The van der Waals surface area contributed by atoms with Crippen LogP contribution in [0.5, 0.6) is 0 Å². The summed E-state index contributed by atoms with van der Waals surface area (Å²) in [5, 5.41) is 0. The lowest BCUT2D eigenvalue weighted by Gasteiger charge is -2.01. The molecule has 0 spiro atoms.